The van der Waals surface area contributed by atoms with Gasteiger partial charge in [0.2, 0.25) is 0 Å². The van der Waals surface area contributed by atoms with Crippen LogP contribution in [0.5, 0.6) is 0 Å². The van der Waals surface area contributed by atoms with Gasteiger partial charge in [0.25, 0.3) is 11.8 Å². The van der Waals surface area contributed by atoms with Crippen LogP contribution >= 0.6 is 11.6 Å². The van der Waals surface area contributed by atoms with Crippen molar-refractivity contribution in [1.82, 2.24) is 5.32 Å². The van der Waals surface area contributed by atoms with Crippen molar-refractivity contribution in [2.45, 2.75) is 13.0 Å². The van der Waals surface area contributed by atoms with Crippen molar-refractivity contribution in [2.24, 2.45) is 10.9 Å². The van der Waals surface area contributed by atoms with Crippen LogP contribution in [0.25, 0.3) is 0 Å². The maximum absolute atomic E-state index is 12.8. The molecule has 7 nitrogen and oxygen atoms in total. The molecule has 1 atom stereocenters. The Labute approximate surface area is 191 Å². The van der Waals surface area contributed by atoms with Gasteiger partial charge in [-0.25, -0.2) is 0 Å². The molecular formula is C24H23ClN4O3. The van der Waals surface area contributed by atoms with Crippen LogP contribution in [-0.4, -0.2) is 24.3 Å². The first-order valence-electron chi connectivity index (χ1n) is 9.90. The number of amides is 2. The first-order valence-corrected chi connectivity index (χ1v) is 10.3. The molecular weight excluding hydrogens is 428 g/mol. The van der Waals surface area contributed by atoms with E-state index < -0.39 is 5.91 Å². The highest BCUT2D eigenvalue weighted by atomic mass is 35.5. The zero-order valence-corrected chi connectivity index (χ0v) is 18.2. The zero-order valence-electron chi connectivity index (χ0n) is 17.4. The molecule has 164 valence electrons. The summed E-state index contributed by atoms with van der Waals surface area (Å²) in [7, 11) is 0. The number of nitrogens with one attached hydrogen (secondary N) is 2. The Kier molecular flexibility index (Phi) is 7.83. The minimum atomic E-state index is -0.482. The molecule has 1 unspecified atom stereocenters. The van der Waals surface area contributed by atoms with Gasteiger partial charge in [-0.3, -0.25) is 9.59 Å². The van der Waals surface area contributed by atoms with Crippen LogP contribution in [0.4, 0.5) is 5.69 Å². The summed E-state index contributed by atoms with van der Waals surface area (Å²) in [5, 5.41) is 9.86. The van der Waals surface area contributed by atoms with Crippen LogP contribution in [0.15, 0.2) is 84.0 Å². The Morgan fingerprint density at radius 3 is 2.50 bits per heavy atom. The van der Waals surface area contributed by atoms with E-state index in [-0.39, 0.29) is 24.4 Å². The number of amidine groups is 1. The van der Waals surface area contributed by atoms with Gasteiger partial charge in [0.05, 0.1) is 17.3 Å². The van der Waals surface area contributed by atoms with E-state index in [1.54, 1.807) is 48.5 Å². The van der Waals surface area contributed by atoms with Gasteiger partial charge in [-0.05, 0) is 36.8 Å². The molecule has 8 heteroatoms. The fourth-order valence-electron chi connectivity index (χ4n) is 2.94. The predicted octanol–water partition coefficient (Wildman–Crippen LogP) is 4.11. The zero-order chi connectivity index (χ0) is 22.9. The molecule has 3 aromatic carbocycles. The number of hydrogen-bond donors (Lipinski definition) is 3. The lowest BCUT2D eigenvalue weighted by Gasteiger charge is -2.16. The molecule has 3 aromatic rings. The summed E-state index contributed by atoms with van der Waals surface area (Å²) in [4.78, 5) is 30.1. The van der Waals surface area contributed by atoms with Crippen LogP contribution in [-0.2, 0) is 9.63 Å². The van der Waals surface area contributed by atoms with Gasteiger partial charge in [-0.2, -0.15) is 0 Å². The smallest absolute Gasteiger partial charge is 0.265 e. The third kappa shape index (κ3) is 6.33. The fraction of sp³-hybridized carbons (Fsp3) is 0.125. The van der Waals surface area contributed by atoms with E-state index in [1.165, 1.54) is 0 Å². The summed E-state index contributed by atoms with van der Waals surface area (Å²) in [5.41, 5.74) is 8.10. The average Bonchev–Trinajstić information content (AvgIpc) is 2.79. The lowest BCUT2D eigenvalue weighted by molar-refractivity contribution is -0.120. The second kappa shape index (κ2) is 11.0. The van der Waals surface area contributed by atoms with E-state index in [2.05, 4.69) is 15.8 Å². The van der Waals surface area contributed by atoms with Crippen LogP contribution in [0, 0.1) is 0 Å². The van der Waals surface area contributed by atoms with Crippen LogP contribution < -0.4 is 16.4 Å². The predicted molar refractivity (Wildman–Crippen MR) is 126 cm³/mol. The summed E-state index contributed by atoms with van der Waals surface area (Å²) in [6, 6.07) is 22.9. The highest BCUT2D eigenvalue weighted by molar-refractivity contribution is 6.31. The number of rotatable bonds is 8. The Morgan fingerprint density at radius 1 is 1.03 bits per heavy atom. The Hall–Kier alpha value is -3.84. The number of nitrogens with two attached hydrogens (primary N) is 1. The average molecular weight is 451 g/mol. The van der Waals surface area contributed by atoms with E-state index in [9.17, 15) is 9.59 Å². The largest absolute Gasteiger partial charge is 0.384 e. The maximum Gasteiger partial charge on any atom is 0.265 e. The second-order valence-corrected chi connectivity index (χ2v) is 7.40. The molecule has 0 bridgehead atoms. The number of nitrogens with zero attached hydrogens (tertiary/aromatic N) is 1. The van der Waals surface area contributed by atoms with Crippen LogP contribution in [0.2, 0.25) is 5.02 Å². The third-order valence-corrected chi connectivity index (χ3v) is 4.81. The minimum absolute atomic E-state index is 0.0926. The summed E-state index contributed by atoms with van der Waals surface area (Å²) in [6.07, 6.45) is 0. The van der Waals surface area contributed by atoms with Crippen molar-refractivity contribution in [2.75, 3.05) is 11.9 Å². The SMILES string of the molecule is CC(NC(=O)c1ccccc1NC(=O)CO/N=C(/N)c1cccc(Cl)c1)c1ccccc1. The van der Waals surface area contributed by atoms with E-state index >= 15 is 0 Å². The fourth-order valence-corrected chi connectivity index (χ4v) is 3.13. The molecule has 0 aliphatic rings. The van der Waals surface area contributed by atoms with Gasteiger partial charge in [-0.15, -0.1) is 0 Å². The molecule has 3 rings (SSSR count). The number of oxime groups is 1. The quantitative estimate of drug-likeness (QED) is 0.273. The molecule has 0 heterocycles. The van der Waals surface area contributed by atoms with Crippen molar-refractivity contribution >= 4 is 34.9 Å². The van der Waals surface area contributed by atoms with Crippen LogP contribution in [0.3, 0.4) is 0 Å². The van der Waals surface area contributed by atoms with E-state index in [0.717, 1.165) is 5.56 Å². The summed E-state index contributed by atoms with van der Waals surface area (Å²) < 4.78 is 0. The molecule has 0 radical (unpaired) electrons. The monoisotopic (exact) mass is 450 g/mol. The van der Waals surface area contributed by atoms with Gasteiger partial charge >= 0.3 is 0 Å². The number of hydrogen-bond acceptors (Lipinski definition) is 4. The minimum Gasteiger partial charge on any atom is -0.384 e. The molecule has 2 amide bonds. The van der Waals surface area contributed by atoms with E-state index in [0.29, 0.717) is 21.8 Å². The lowest BCUT2D eigenvalue weighted by Crippen LogP contribution is -2.28. The Balaban J connectivity index is 1.60. The van der Waals surface area contributed by atoms with Crippen molar-refractivity contribution in [3.8, 4) is 0 Å². The Bertz CT molecular complexity index is 1120. The summed E-state index contributed by atoms with van der Waals surface area (Å²) >= 11 is 5.92. The van der Waals surface area contributed by atoms with Gasteiger partial charge in [-0.1, -0.05) is 71.4 Å². The number of halogens is 1. The maximum atomic E-state index is 12.8. The first kappa shape index (κ1) is 22.8. The van der Waals surface area contributed by atoms with E-state index in [1.807, 2.05) is 37.3 Å². The molecule has 0 saturated carbocycles. The number of carbonyl (C=O) groups is 2. The normalized spacial score (nSPS) is 12.0. The summed E-state index contributed by atoms with van der Waals surface area (Å²) in [6.45, 7) is 1.52. The first-order chi connectivity index (χ1) is 15.4. The van der Waals surface area contributed by atoms with Crippen molar-refractivity contribution in [1.29, 1.82) is 0 Å². The number of benzene rings is 3. The van der Waals surface area contributed by atoms with Crippen molar-refractivity contribution in [3.05, 3.63) is 101 Å². The number of anilines is 1. The van der Waals surface area contributed by atoms with Crippen molar-refractivity contribution < 1.29 is 14.4 Å². The molecule has 0 saturated heterocycles. The van der Waals surface area contributed by atoms with Gasteiger partial charge in [0.1, 0.15) is 0 Å². The summed E-state index contributed by atoms with van der Waals surface area (Å²) in [5.74, 6) is -0.694. The lowest BCUT2D eigenvalue weighted by atomic mass is 10.1. The molecule has 0 aliphatic heterocycles. The highest BCUT2D eigenvalue weighted by Gasteiger charge is 2.16. The van der Waals surface area contributed by atoms with Crippen molar-refractivity contribution in [3.63, 3.8) is 0 Å². The molecule has 0 aliphatic carbocycles. The molecule has 4 N–H and O–H groups in total. The molecule has 32 heavy (non-hydrogen) atoms. The Morgan fingerprint density at radius 2 is 1.75 bits per heavy atom. The van der Waals surface area contributed by atoms with Gasteiger partial charge in [0, 0.05) is 10.6 Å². The number of carbonyl (C=O) groups excluding carboxylic acids is 2. The third-order valence-electron chi connectivity index (χ3n) is 4.57. The topological polar surface area (TPSA) is 106 Å². The van der Waals surface area contributed by atoms with Crippen LogP contribution in [0.1, 0.15) is 34.5 Å². The standard InChI is InChI=1S/C24H23ClN4O3/c1-16(17-8-3-2-4-9-17)27-24(31)20-12-5-6-13-21(20)28-22(30)15-32-29-23(26)18-10-7-11-19(25)14-18/h2-14,16H,15H2,1H3,(H2,26,29)(H,27,31)(H,28,30). The van der Waals surface area contributed by atoms with E-state index in [4.69, 9.17) is 22.2 Å². The van der Waals surface area contributed by atoms with Gasteiger partial charge in [0.15, 0.2) is 12.4 Å². The highest BCUT2D eigenvalue weighted by Crippen LogP contribution is 2.18. The second-order valence-electron chi connectivity index (χ2n) is 6.96. The molecule has 0 aromatic heterocycles. The molecule has 0 spiro atoms. The van der Waals surface area contributed by atoms with Gasteiger partial charge < -0.3 is 21.2 Å². The molecule has 0 fully saturated rings. The number of para-hydroxylation sites is 1.